The zero-order valence-electron chi connectivity index (χ0n) is 25.8. The zero-order valence-corrected chi connectivity index (χ0v) is 25.8. The first-order valence-electron chi connectivity index (χ1n) is 14.6. The van der Waals surface area contributed by atoms with E-state index in [1.807, 2.05) is 71.0 Å². The molecule has 0 saturated carbocycles. The first kappa shape index (κ1) is 29.8. The molecule has 2 N–H and O–H groups in total. The highest BCUT2D eigenvalue weighted by atomic mass is 16.2. The molecule has 8 heteroatoms. The van der Waals surface area contributed by atoms with Crippen LogP contribution in [0.2, 0.25) is 0 Å². The highest BCUT2D eigenvalue weighted by Crippen LogP contribution is 2.29. The van der Waals surface area contributed by atoms with Gasteiger partial charge in [-0.3, -0.25) is 9.59 Å². The summed E-state index contributed by atoms with van der Waals surface area (Å²) in [5, 5.41) is 6.38. The Bertz CT molecular complexity index is 1480. The van der Waals surface area contributed by atoms with E-state index in [2.05, 4.69) is 62.6 Å². The number of aromatic nitrogens is 4. The minimum Gasteiger partial charge on any atom is -0.315 e. The third kappa shape index (κ3) is 6.11. The summed E-state index contributed by atoms with van der Waals surface area (Å²) in [5.41, 5.74) is 8.51. The maximum Gasteiger partial charge on any atom is 0.348 e. The summed E-state index contributed by atoms with van der Waals surface area (Å²) in [5.74, 6) is 1.05. The predicted molar refractivity (Wildman–Crippen MR) is 162 cm³/mol. The van der Waals surface area contributed by atoms with Crippen molar-refractivity contribution in [3.05, 3.63) is 94.1 Å². The van der Waals surface area contributed by atoms with E-state index < -0.39 is 0 Å². The number of nitrogens with one attached hydrogen (secondary N) is 2. The number of hydrogen-bond donors (Lipinski definition) is 2. The van der Waals surface area contributed by atoms with Crippen LogP contribution in [0.5, 0.6) is 0 Å². The molecular formula is C33H44N6O2+2. The number of hydrogen-bond acceptors (Lipinski definition) is 2. The number of imidazole rings is 2. The van der Waals surface area contributed by atoms with Gasteiger partial charge in [-0.1, -0.05) is 38.1 Å². The minimum absolute atomic E-state index is 0.106. The van der Waals surface area contributed by atoms with Crippen LogP contribution in [0, 0.1) is 13.8 Å². The summed E-state index contributed by atoms with van der Waals surface area (Å²) in [7, 11) is 3.79. The van der Waals surface area contributed by atoms with Crippen molar-refractivity contribution >= 4 is 23.2 Å². The van der Waals surface area contributed by atoms with Crippen molar-refractivity contribution in [3.8, 4) is 0 Å². The number of benzene rings is 2. The summed E-state index contributed by atoms with van der Waals surface area (Å²) in [6.07, 6.45) is 10.1. The minimum atomic E-state index is -0.106. The van der Waals surface area contributed by atoms with E-state index >= 15 is 0 Å². The lowest BCUT2D eigenvalue weighted by Gasteiger charge is -2.17. The lowest BCUT2D eigenvalue weighted by molar-refractivity contribution is -0.672. The van der Waals surface area contributed by atoms with Crippen LogP contribution in [-0.4, -0.2) is 20.9 Å². The van der Waals surface area contributed by atoms with E-state index in [1.165, 1.54) is 11.1 Å². The van der Waals surface area contributed by atoms with Gasteiger partial charge in [-0.2, -0.15) is 0 Å². The van der Waals surface area contributed by atoms with Crippen LogP contribution in [0.3, 0.4) is 0 Å². The third-order valence-corrected chi connectivity index (χ3v) is 7.84. The van der Waals surface area contributed by atoms with Crippen LogP contribution >= 0.6 is 0 Å². The van der Waals surface area contributed by atoms with E-state index in [1.54, 1.807) is 0 Å². The second-order valence-electron chi connectivity index (χ2n) is 10.7. The van der Waals surface area contributed by atoms with Crippen molar-refractivity contribution in [2.75, 3.05) is 10.6 Å². The average molecular weight is 557 g/mol. The molecule has 2 aromatic carbocycles. The van der Waals surface area contributed by atoms with Gasteiger partial charge in [0, 0.05) is 11.4 Å². The largest absolute Gasteiger partial charge is 0.348 e. The Morgan fingerprint density at radius 2 is 1.07 bits per heavy atom. The summed E-state index contributed by atoms with van der Waals surface area (Å²) in [6, 6.07) is 8.75. The van der Waals surface area contributed by atoms with E-state index in [4.69, 9.17) is 0 Å². The van der Waals surface area contributed by atoms with Gasteiger partial charge in [-0.15, -0.1) is 0 Å². The molecule has 2 aromatic heterocycles. The second kappa shape index (κ2) is 12.5. The number of amides is 2. The zero-order chi connectivity index (χ0) is 29.8. The Morgan fingerprint density at radius 1 is 0.683 bits per heavy atom. The van der Waals surface area contributed by atoms with E-state index in [0.717, 1.165) is 66.0 Å². The molecule has 0 fully saturated rings. The van der Waals surface area contributed by atoms with Crippen molar-refractivity contribution in [1.82, 2.24) is 9.13 Å². The van der Waals surface area contributed by atoms with Gasteiger partial charge in [-0.05, 0) is 80.3 Å². The van der Waals surface area contributed by atoms with E-state index in [-0.39, 0.29) is 11.8 Å². The molecule has 0 aliphatic rings. The van der Waals surface area contributed by atoms with Crippen LogP contribution in [0.4, 0.5) is 11.4 Å². The molecule has 8 nitrogen and oxygen atoms in total. The van der Waals surface area contributed by atoms with Gasteiger partial charge in [0.1, 0.15) is 24.8 Å². The molecule has 0 aliphatic carbocycles. The van der Waals surface area contributed by atoms with E-state index in [9.17, 15) is 9.59 Å². The smallest absolute Gasteiger partial charge is 0.315 e. The van der Waals surface area contributed by atoms with Crippen molar-refractivity contribution in [2.45, 2.75) is 73.9 Å². The summed E-state index contributed by atoms with van der Waals surface area (Å²) >= 11 is 0. The molecule has 4 aromatic rings. The Kier molecular flexibility index (Phi) is 9.11. The maximum absolute atomic E-state index is 13.2. The fourth-order valence-electron chi connectivity index (χ4n) is 5.72. The van der Waals surface area contributed by atoms with Gasteiger partial charge in [0.05, 0.1) is 27.2 Å². The highest BCUT2D eigenvalue weighted by molar-refractivity contribution is 6.02. The fraction of sp³-hybridized carbons (Fsp3) is 0.394. The van der Waals surface area contributed by atoms with Gasteiger partial charge in [0.2, 0.25) is 0 Å². The number of carbonyl (C=O) groups excluding carboxylic acids is 2. The van der Waals surface area contributed by atoms with Crippen LogP contribution in [0.1, 0.15) is 82.3 Å². The van der Waals surface area contributed by atoms with Gasteiger partial charge >= 0.3 is 23.5 Å². The molecular weight excluding hydrogens is 512 g/mol. The molecule has 4 rings (SSSR count). The summed E-state index contributed by atoms with van der Waals surface area (Å²) < 4.78 is 7.61. The van der Waals surface area contributed by atoms with Gasteiger partial charge in [-0.25, -0.2) is 18.3 Å². The van der Waals surface area contributed by atoms with Gasteiger partial charge in [0.15, 0.2) is 0 Å². The van der Waals surface area contributed by atoms with Crippen molar-refractivity contribution < 1.29 is 18.7 Å². The lowest BCUT2D eigenvalue weighted by Crippen LogP contribution is -2.38. The number of nitrogens with zero attached hydrogens (tertiary/aromatic N) is 4. The first-order valence-corrected chi connectivity index (χ1v) is 14.6. The SMILES string of the molecule is CCc1cc(Cc2cc(C)c(NC(=O)c3n(CC)cc[n+]3C)c(CC)c2)cc(C)c1NC(=O)c1n(CC)cc[n+]1C. The topological polar surface area (TPSA) is 75.8 Å². The second-order valence-corrected chi connectivity index (χ2v) is 10.7. The number of carbonyl (C=O) groups is 2. The van der Waals surface area contributed by atoms with Crippen LogP contribution < -0.4 is 19.8 Å². The molecule has 0 saturated heterocycles. The summed E-state index contributed by atoms with van der Waals surface area (Å²) in [4.78, 5) is 26.5. The molecule has 216 valence electrons. The van der Waals surface area contributed by atoms with Crippen molar-refractivity contribution in [3.63, 3.8) is 0 Å². The molecule has 0 bridgehead atoms. The quantitative estimate of drug-likeness (QED) is 0.275. The van der Waals surface area contributed by atoms with Crippen molar-refractivity contribution in [2.24, 2.45) is 14.1 Å². The lowest BCUT2D eigenvalue weighted by atomic mass is 9.94. The number of anilines is 2. The Morgan fingerprint density at radius 3 is 1.41 bits per heavy atom. The Hall–Kier alpha value is -4.20. The molecule has 0 unspecified atom stereocenters. The fourth-order valence-corrected chi connectivity index (χ4v) is 5.72. The normalized spacial score (nSPS) is 11.1. The number of rotatable bonds is 10. The van der Waals surface area contributed by atoms with Crippen LogP contribution in [-0.2, 0) is 46.4 Å². The number of aryl methyl sites for hydroxylation is 8. The van der Waals surface area contributed by atoms with Gasteiger partial charge < -0.3 is 10.6 Å². The molecule has 2 heterocycles. The van der Waals surface area contributed by atoms with Crippen LogP contribution in [0.15, 0.2) is 49.1 Å². The Balaban J connectivity index is 1.59. The van der Waals surface area contributed by atoms with Crippen LogP contribution in [0.25, 0.3) is 0 Å². The third-order valence-electron chi connectivity index (χ3n) is 7.84. The standard InChI is InChI=1S/C33H42N6O2/c1-9-26-20-24(17-22(5)28(26)34-30(40)32-36(7)13-15-38(32)11-3)19-25-18-23(6)29(27(10-2)21-25)35-31(41)33-37(8)14-16-39(33)12-4/h13-18,20-21H,9-12,19H2,1-8H3/p+2. The highest BCUT2D eigenvalue weighted by Gasteiger charge is 2.25. The monoisotopic (exact) mass is 556 g/mol. The Labute approximate surface area is 243 Å². The summed E-state index contributed by atoms with van der Waals surface area (Å²) in [6.45, 7) is 13.9. The average Bonchev–Trinajstić information content (AvgIpc) is 3.52. The molecule has 0 spiro atoms. The molecule has 0 aliphatic heterocycles. The molecule has 41 heavy (non-hydrogen) atoms. The van der Waals surface area contributed by atoms with Crippen molar-refractivity contribution in [1.29, 1.82) is 0 Å². The van der Waals surface area contributed by atoms with Gasteiger partial charge in [0.25, 0.3) is 0 Å². The molecule has 0 atom stereocenters. The maximum atomic E-state index is 13.2. The molecule has 0 radical (unpaired) electrons. The van der Waals surface area contributed by atoms with E-state index in [0.29, 0.717) is 11.6 Å². The molecule has 2 amide bonds. The predicted octanol–water partition coefficient (Wildman–Crippen LogP) is 4.82. The first-order chi connectivity index (χ1) is 19.6.